The van der Waals surface area contributed by atoms with Crippen molar-refractivity contribution >= 4 is 17.6 Å². The molecule has 0 aliphatic carbocycles. The van der Waals surface area contributed by atoms with E-state index in [-0.39, 0.29) is 11.9 Å². The highest BCUT2D eigenvalue weighted by Gasteiger charge is 2.52. The SMILES string of the molecule is CC(C)(Oc1ccc(N2CCNCC2)cc1)C(=O)N1CCC2(C1)OC(=O)c1ccccc12. The van der Waals surface area contributed by atoms with E-state index in [1.165, 1.54) is 0 Å². The van der Waals surface area contributed by atoms with Crippen LogP contribution in [0, 0.1) is 0 Å². The molecule has 5 rings (SSSR count). The molecule has 3 aliphatic rings. The summed E-state index contributed by atoms with van der Waals surface area (Å²) in [5.41, 5.74) is 0.852. The Morgan fingerprint density at radius 2 is 1.78 bits per heavy atom. The Morgan fingerprint density at radius 3 is 2.53 bits per heavy atom. The van der Waals surface area contributed by atoms with Crippen LogP contribution < -0.4 is 15.0 Å². The number of rotatable bonds is 4. The van der Waals surface area contributed by atoms with Crippen molar-refractivity contribution in [2.75, 3.05) is 44.2 Å². The summed E-state index contributed by atoms with van der Waals surface area (Å²) in [5.74, 6) is 0.241. The molecule has 1 atom stereocenters. The number of carbonyl (C=O) groups is 2. The molecule has 7 heteroatoms. The lowest BCUT2D eigenvalue weighted by atomic mass is 9.91. The second kappa shape index (κ2) is 7.81. The highest BCUT2D eigenvalue weighted by Crippen LogP contribution is 2.43. The summed E-state index contributed by atoms with van der Waals surface area (Å²) >= 11 is 0. The van der Waals surface area contributed by atoms with Gasteiger partial charge in [0.15, 0.2) is 11.2 Å². The highest BCUT2D eigenvalue weighted by atomic mass is 16.6. The first-order valence-electron chi connectivity index (χ1n) is 11.2. The minimum absolute atomic E-state index is 0.110. The fraction of sp³-hybridized carbons (Fsp3) is 0.440. The number of esters is 1. The molecule has 3 aliphatic heterocycles. The van der Waals surface area contributed by atoms with Gasteiger partial charge in [-0.2, -0.15) is 0 Å². The van der Waals surface area contributed by atoms with Gasteiger partial charge in [-0.15, -0.1) is 0 Å². The molecule has 1 amide bonds. The van der Waals surface area contributed by atoms with Gasteiger partial charge in [-0.1, -0.05) is 18.2 Å². The summed E-state index contributed by atoms with van der Waals surface area (Å²) in [6.45, 7) is 8.38. The molecule has 1 unspecified atom stereocenters. The summed E-state index contributed by atoms with van der Waals surface area (Å²) in [7, 11) is 0. The maximum atomic E-state index is 13.4. The average Bonchev–Trinajstić information content (AvgIpc) is 3.35. The largest absolute Gasteiger partial charge is 0.478 e. The van der Waals surface area contributed by atoms with Crippen molar-refractivity contribution in [2.45, 2.75) is 31.5 Å². The summed E-state index contributed by atoms with van der Waals surface area (Å²) < 4.78 is 11.9. The van der Waals surface area contributed by atoms with Crippen molar-refractivity contribution in [1.29, 1.82) is 0 Å². The number of anilines is 1. The Bertz CT molecular complexity index is 1030. The van der Waals surface area contributed by atoms with Crippen molar-refractivity contribution < 1.29 is 19.1 Å². The quantitative estimate of drug-likeness (QED) is 0.745. The van der Waals surface area contributed by atoms with Gasteiger partial charge in [0.2, 0.25) is 0 Å². The molecule has 0 bridgehead atoms. The van der Waals surface area contributed by atoms with Crippen LogP contribution in [-0.2, 0) is 15.1 Å². The number of ether oxygens (including phenoxy) is 2. The molecule has 7 nitrogen and oxygen atoms in total. The van der Waals surface area contributed by atoms with E-state index in [4.69, 9.17) is 9.47 Å². The Kier molecular flexibility index (Phi) is 5.08. The minimum atomic E-state index is -1.04. The monoisotopic (exact) mass is 435 g/mol. The predicted octanol–water partition coefficient (Wildman–Crippen LogP) is 2.55. The van der Waals surface area contributed by atoms with Crippen molar-refractivity contribution in [3.05, 3.63) is 59.7 Å². The number of fused-ring (bicyclic) bond motifs is 2. The van der Waals surface area contributed by atoms with Gasteiger partial charge in [0.1, 0.15) is 5.75 Å². The zero-order valence-electron chi connectivity index (χ0n) is 18.6. The molecule has 3 heterocycles. The molecule has 168 valence electrons. The van der Waals surface area contributed by atoms with Gasteiger partial charge in [-0.3, -0.25) is 4.79 Å². The summed E-state index contributed by atoms with van der Waals surface area (Å²) in [6, 6.07) is 15.4. The molecule has 2 saturated heterocycles. The van der Waals surface area contributed by atoms with Crippen LogP contribution in [0.3, 0.4) is 0 Å². The third-order valence-electron chi connectivity index (χ3n) is 6.65. The topological polar surface area (TPSA) is 71.1 Å². The Morgan fingerprint density at radius 1 is 1.06 bits per heavy atom. The second-order valence-electron chi connectivity index (χ2n) is 9.25. The Hall–Kier alpha value is -3.06. The van der Waals surface area contributed by atoms with Crippen LogP contribution in [-0.4, -0.2) is 61.6 Å². The third kappa shape index (κ3) is 3.60. The van der Waals surface area contributed by atoms with Crippen LogP contribution in [0.15, 0.2) is 48.5 Å². The van der Waals surface area contributed by atoms with Crippen molar-refractivity contribution in [1.82, 2.24) is 10.2 Å². The van der Waals surface area contributed by atoms with E-state index in [1.807, 2.05) is 42.5 Å². The number of carbonyl (C=O) groups excluding carboxylic acids is 2. The van der Waals surface area contributed by atoms with Gasteiger partial charge in [-0.05, 0) is 44.2 Å². The van der Waals surface area contributed by atoms with Crippen molar-refractivity contribution in [2.24, 2.45) is 0 Å². The first-order valence-corrected chi connectivity index (χ1v) is 11.2. The van der Waals surface area contributed by atoms with Crippen LogP contribution >= 0.6 is 0 Å². The lowest BCUT2D eigenvalue weighted by Gasteiger charge is -2.32. The molecule has 0 aromatic heterocycles. The number of hydrogen-bond acceptors (Lipinski definition) is 6. The molecule has 1 N–H and O–H groups in total. The van der Waals surface area contributed by atoms with Gasteiger partial charge in [0.25, 0.3) is 5.91 Å². The van der Waals surface area contributed by atoms with E-state index < -0.39 is 11.2 Å². The lowest BCUT2D eigenvalue weighted by Crippen LogP contribution is -2.49. The number of amides is 1. The van der Waals surface area contributed by atoms with E-state index in [0.717, 1.165) is 37.4 Å². The third-order valence-corrected chi connectivity index (χ3v) is 6.65. The Balaban J connectivity index is 1.27. The highest BCUT2D eigenvalue weighted by molar-refractivity contribution is 5.95. The molecular weight excluding hydrogens is 406 g/mol. The van der Waals surface area contributed by atoms with Crippen LogP contribution in [0.4, 0.5) is 5.69 Å². The number of nitrogens with zero attached hydrogens (tertiary/aromatic N) is 2. The standard InChI is InChI=1S/C25H29N3O4/c1-24(2,31-19-9-7-18(8-10-19)27-15-12-26-13-16-27)23(30)28-14-11-25(17-28)21-6-4-3-5-20(21)22(29)32-25/h3-10,26H,11-17H2,1-2H3. The van der Waals surface area contributed by atoms with Gasteiger partial charge < -0.3 is 24.6 Å². The summed E-state index contributed by atoms with van der Waals surface area (Å²) in [5, 5.41) is 3.36. The molecular formula is C25H29N3O4. The van der Waals surface area contributed by atoms with E-state index in [2.05, 4.69) is 10.2 Å². The number of benzene rings is 2. The van der Waals surface area contributed by atoms with Crippen LogP contribution in [0.2, 0.25) is 0 Å². The van der Waals surface area contributed by atoms with Crippen molar-refractivity contribution in [3.63, 3.8) is 0 Å². The average molecular weight is 436 g/mol. The summed E-state index contributed by atoms with van der Waals surface area (Å²) in [6.07, 6.45) is 0.594. The minimum Gasteiger partial charge on any atom is -0.478 e. The normalized spacial score (nSPS) is 22.8. The van der Waals surface area contributed by atoms with Crippen molar-refractivity contribution in [3.8, 4) is 5.75 Å². The zero-order valence-corrected chi connectivity index (χ0v) is 18.6. The van der Waals surface area contributed by atoms with E-state index in [1.54, 1.807) is 24.8 Å². The molecule has 1 spiro atoms. The molecule has 0 saturated carbocycles. The molecule has 0 radical (unpaired) electrons. The fourth-order valence-corrected chi connectivity index (χ4v) is 4.97. The number of piperazine rings is 1. The van der Waals surface area contributed by atoms with Gasteiger partial charge in [0, 0.05) is 50.4 Å². The maximum absolute atomic E-state index is 13.4. The van der Waals surface area contributed by atoms with Gasteiger partial charge in [-0.25, -0.2) is 4.79 Å². The predicted molar refractivity (Wildman–Crippen MR) is 121 cm³/mol. The van der Waals surface area contributed by atoms with E-state index in [9.17, 15) is 9.59 Å². The summed E-state index contributed by atoms with van der Waals surface area (Å²) in [4.78, 5) is 29.8. The number of nitrogens with one attached hydrogen (secondary N) is 1. The van der Waals surface area contributed by atoms with E-state index >= 15 is 0 Å². The second-order valence-corrected chi connectivity index (χ2v) is 9.25. The molecule has 2 aromatic rings. The number of likely N-dealkylation sites (tertiary alicyclic amines) is 1. The van der Waals surface area contributed by atoms with Gasteiger partial charge in [0.05, 0.1) is 12.1 Å². The Labute approximate surface area is 188 Å². The molecule has 2 aromatic carbocycles. The van der Waals surface area contributed by atoms with Gasteiger partial charge >= 0.3 is 5.97 Å². The fourth-order valence-electron chi connectivity index (χ4n) is 4.97. The van der Waals surface area contributed by atoms with Crippen LogP contribution in [0.5, 0.6) is 5.75 Å². The van der Waals surface area contributed by atoms with Crippen LogP contribution in [0.25, 0.3) is 0 Å². The molecule has 2 fully saturated rings. The number of hydrogen-bond donors (Lipinski definition) is 1. The maximum Gasteiger partial charge on any atom is 0.339 e. The van der Waals surface area contributed by atoms with E-state index in [0.29, 0.717) is 30.8 Å². The first kappa shape index (κ1) is 20.8. The smallest absolute Gasteiger partial charge is 0.339 e. The molecule has 32 heavy (non-hydrogen) atoms. The van der Waals surface area contributed by atoms with Crippen LogP contribution in [0.1, 0.15) is 36.2 Å². The lowest BCUT2D eigenvalue weighted by molar-refractivity contribution is -0.145. The zero-order chi connectivity index (χ0) is 22.3. The first-order chi connectivity index (χ1) is 15.4.